The van der Waals surface area contributed by atoms with E-state index >= 15 is 0 Å². The Hall–Kier alpha value is -1.49. The quantitative estimate of drug-likeness (QED) is 0.0904. The summed E-state index contributed by atoms with van der Waals surface area (Å²) >= 11 is 0. The van der Waals surface area contributed by atoms with Crippen molar-refractivity contribution in [2.45, 2.75) is 154 Å². The summed E-state index contributed by atoms with van der Waals surface area (Å²) in [5.41, 5.74) is 1.32. The first-order chi connectivity index (χ1) is 19.9. The monoisotopic (exact) mass is 554 g/mol. The minimum atomic E-state index is -0.0119. The first-order valence-corrected chi connectivity index (χ1v) is 17.1. The molecular formula is C36H60NO3+. The molecule has 0 aliphatic carbocycles. The van der Waals surface area contributed by atoms with Crippen LogP contribution in [0.15, 0.2) is 42.6 Å². The molecule has 0 bridgehead atoms. The van der Waals surface area contributed by atoms with Gasteiger partial charge in [0, 0.05) is 30.5 Å². The molecule has 2 aromatic rings. The molecule has 4 nitrogen and oxygen atoms in total. The average Bonchev–Trinajstić information content (AvgIpc) is 3.44. The second kappa shape index (κ2) is 22.2. The van der Waals surface area contributed by atoms with Crippen molar-refractivity contribution < 1.29 is 18.8 Å². The van der Waals surface area contributed by atoms with E-state index in [0.29, 0.717) is 13.2 Å². The fourth-order valence-corrected chi connectivity index (χ4v) is 5.90. The maximum absolute atomic E-state index is 6.06. The second-order valence-corrected chi connectivity index (χ2v) is 12.0. The third kappa shape index (κ3) is 14.4. The van der Waals surface area contributed by atoms with E-state index < -0.39 is 0 Å². The number of unbranched alkanes of at least 4 members (excludes halogenated alkanes) is 17. The van der Waals surface area contributed by atoms with Crippen LogP contribution in [-0.4, -0.2) is 32.2 Å². The van der Waals surface area contributed by atoms with Crippen molar-refractivity contribution in [3.05, 3.63) is 42.6 Å². The van der Waals surface area contributed by atoms with Crippen LogP contribution in [0.2, 0.25) is 0 Å². The van der Waals surface area contributed by atoms with Crippen molar-refractivity contribution in [1.82, 2.24) is 0 Å². The van der Waals surface area contributed by atoms with Gasteiger partial charge in [-0.25, -0.2) is 0 Å². The third-order valence-corrected chi connectivity index (χ3v) is 8.39. The van der Waals surface area contributed by atoms with Gasteiger partial charge in [0.25, 0.3) is 0 Å². The molecule has 1 aliphatic heterocycles. The number of aromatic nitrogens is 1. The standard InChI is InChI=1S/C36H60NO3/c1-2-3-4-5-6-7-8-9-10-11-12-13-14-15-18-27-36-39-32-34(40-36)31-38-30-22-17-16-21-28-37-29-23-25-33-24-19-20-26-35(33)37/h19-20,23-26,29,34,36H,2-18,21-22,27-28,30-32H2,1H3/q+1/t34-,36-/m1/s1. The summed E-state index contributed by atoms with van der Waals surface area (Å²) < 4.78 is 20.2. The molecule has 1 saturated heterocycles. The maximum Gasteiger partial charge on any atom is 0.212 e. The van der Waals surface area contributed by atoms with Gasteiger partial charge >= 0.3 is 0 Å². The maximum atomic E-state index is 6.06. The molecule has 1 aromatic heterocycles. The molecule has 1 aliphatic rings. The molecule has 4 heteroatoms. The highest BCUT2D eigenvalue weighted by Crippen LogP contribution is 2.19. The number of benzene rings is 1. The summed E-state index contributed by atoms with van der Waals surface area (Å²) in [6, 6.07) is 13.0. The van der Waals surface area contributed by atoms with Gasteiger partial charge in [-0.05, 0) is 37.8 Å². The van der Waals surface area contributed by atoms with E-state index in [4.69, 9.17) is 14.2 Å². The molecule has 0 radical (unpaired) electrons. The molecule has 40 heavy (non-hydrogen) atoms. The lowest BCUT2D eigenvalue weighted by Crippen LogP contribution is -2.33. The van der Waals surface area contributed by atoms with E-state index in [1.165, 1.54) is 126 Å². The summed E-state index contributed by atoms with van der Waals surface area (Å²) in [7, 11) is 0. The van der Waals surface area contributed by atoms with Crippen LogP contribution in [0.5, 0.6) is 0 Å². The Kier molecular flexibility index (Phi) is 18.3. The Morgan fingerprint density at radius 2 is 1.30 bits per heavy atom. The Balaban J connectivity index is 1.05. The van der Waals surface area contributed by atoms with Crippen LogP contribution in [-0.2, 0) is 20.8 Å². The van der Waals surface area contributed by atoms with Gasteiger partial charge in [0.2, 0.25) is 5.52 Å². The minimum Gasteiger partial charge on any atom is -0.379 e. The fourth-order valence-electron chi connectivity index (χ4n) is 5.90. The van der Waals surface area contributed by atoms with E-state index in [1.807, 2.05) is 0 Å². The number of nitrogens with zero attached hydrogens (tertiary/aromatic N) is 1. The van der Waals surface area contributed by atoms with Crippen molar-refractivity contribution in [1.29, 1.82) is 0 Å². The fraction of sp³-hybridized carbons (Fsp3) is 0.750. The molecule has 3 rings (SSSR count). The highest BCUT2D eigenvalue weighted by Gasteiger charge is 2.25. The van der Waals surface area contributed by atoms with Gasteiger partial charge in [-0.15, -0.1) is 0 Å². The topological polar surface area (TPSA) is 31.6 Å². The predicted octanol–water partition coefficient (Wildman–Crippen LogP) is 9.71. The smallest absolute Gasteiger partial charge is 0.212 e. The molecule has 2 heterocycles. The van der Waals surface area contributed by atoms with Gasteiger partial charge in [0.05, 0.1) is 13.2 Å². The number of rotatable bonds is 25. The number of pyridine rings is 1. The Labute approximate surface area is 246 Å². The van der Waals surface area contributed by atoms with Crippen molar-refractivity contribution in [2.75, 3.05) is 19.8 Å². The number of hydrogen-bond donors (Lipinski definition) is 0. The van der Waals surface area contributed by atoms with Crippen molar-refractivity contribution in [2.24, 2.45) is 0 Å². The Bertz CT molecular complexity index is 867. The molecule has 2 atom stereocenters. The van der Waals surface area contributed by atoms with Crippen LogP contribution in [0.4, 0.5) is 0 Å². The largest absolute Gasteiger partial charge is 0.379 e. The first-order valence-electron chi connectivity index (χ1n) is 17.1. The number of hydrogen-bond acceptors (Lipinski definition) is 3. The normalized spacial score (nSPS) is 17.2. The number of ether oxygens (including phenoxy) is 3. The summed E-state index contributed by atoms with van der Waals surface area (Å²) in [5.74, 6) is 0. The van der Waals surface area contributed by atoms with Crippen LogP contribution in [0.1, 0.15) is 135 Å². The van der Waals surface area contributed by atoms with Gasteiger partial charge in [0.1, 0.15) is 12.6 Å². The van der Waals surface area contributed by atoms with E-state index in [2.05, 4.69) is 54.1 Å². The predicted molar refractivity (Wildman–Crippen MR) is 168 cm³/mol. The third-order valence-electron chi connectivity index (χ3n) is 8.39. The number of aryl methyl sites for hydroxylation is 1. The van der Waals surface area contributed by atoms with Crippen molar-refractivity contribution >= 4 is 10.9 Å². The molecule has 1 fully saturated rings. The van der Waals surface area contributed by atoms with Crippen molar-refractivity contribution in [3.8, 4) is 0 Å². The van der Waals surface area contributed by atoms with Crippen LogP contribution < -0.4 is 4.57 Å². The summed E-state index contributed by atoms with van der Waals surface area (Å²) in [5, 5.41) is 1.31. The Morgan fingerprint density at radius 3 is 2.02 bits per heavy atom. The lowest BCUT2D eigenvalue weighted by molar-refractivity contribution is -0.671. The zero-order valence-corrected chi connectivity index (χ0v) is 25.8. The lowest BCUT2D eigenvalue weighted by atomic mass is 10.0. The van der Waals surface area contributed by atoms with E-state index in [-0.39, 0.29) is 12.4 Å². The Morgan fingerprint density at radius 1 is 0.700 bits per heavy atom. The molecule has 0 spiro atoms. The summed E-state index contributed by atoms with van der Waals surface area (Å²) in [6.45, 7) is 5.55. The SMILES string of the molecule is CCCCCCCCCCCCCCCCC[C@@H]1OC[C@@H](COCCCCCC[n+]2cccc3ccccc32)O1. The average molecular weight is 555 g/mol. The minimum absolute atomic E-state index is 0.0119. The molecule has 0 unspecified atom stereocenters. The van der Waals surface area contributed by atoms with E-state index in [9.17, 15) is 0 Å². The molecule has 1 aromatic carbocycles. The van der Waals surface area contributed by atoms with Gasteiger partial charge < -0.3 is 14.2 Å². The summed E-state index contributed by atoms with van der Waals surface area (Å²) in [4.78, 5) is 0. The number of para-hydroxylation sites is 1. The first kappa shape index (κ1) is 33.0. The van der Waals surface area contributed by atoms with Gasteiger partial charge in [0.15, 0.2) is 12.5 Å². The van der Waals surface area contributed by atoms with Crippen molar-refractivity contribution in [3.63, 3.8) is 0 Å². The van der Waals surface area contributed by atoms with Crippen LogP contribution in [0.25, 0.3) is 10.9 Å². The number of fused-ring (bicyclic) bond motifs is 1. The molecule has 0 saturated carbocycles. The molecule has 226 valence electrons. The molecule has 0 N–H and O–H groups in total. The molecule has 0 amide bonds. The van der Waals surface area contributed by atoms with E-state index in [1.54, 1.807) is 0 Å². The van der Waals surface area contributed by atoms with E-state index in [0.717, 1.165) is 26.0 Å². The van der Waals surface area contributed by atoms with Crippen LogP contribution in [0.3, 0.4) is 0 Å². The highest BCUT2D eigenvalue weighted by atomic mass is 16.7. The van der Waals surface area contributed by atoms with Gasteiger partial charge in [-0.1, -0.05) is 115 Å². The van der Waals surface area contributed by atoms with Crippen LogP contribution >= 0.6 is 0 Å². The zero-order chi connectivity index (χ0) is 27.9. The summed E-state index contributed by atoms with van der Waals surface area (Å²) in [6.07, 6.45) is 29.1. The van der Waals surface area contributed by atoms with Gasteiger partial charge in [-0.3, -0.25) is 0 Å². The lowest BCUT2D eigenvalue weighted by Gasteiger charge is -2.12. The molecular weight excluding hydrogens is 494 g/mol. The highest BCUT2D eigenvalue weighted by molar-refractivity contribution is 5.74. The second-order valence-electron chi connectivity index (χ2n) is 12.0. The van der Waals surface area contributed by atoms with Crippen LogP contribution in [0, 0.1) is 0 Å². The zero-order valence-electron chi connectivity index (χ0n) is 25.8. The van der Waals surface area contributed by atoms with Gasteiger partial charge in [-0.2, -0.15) is 4.57 Å².